The quantitative estimate of drug-likeness (QED) is 0.365. The third kappa shape index (κ3) is 2.56. The molecule has 0 bridgehead atoms. The summed E-state index contributed by atoms with van der Waals surface area (Å²) in [5.41, 5.74) is 7.43. The molecule has 0 spiro atoms. The van der Waals surface area contributed by atoms with Crippen LogP contribution in [0.2, 0.25) is 0 Å². The molecule has 0 amide bonds. The normalized spacial score (nSPS) is 11.5. The molecule has 0 heterocycles. The largest absolute Gasteiger partial charge is 0.384 e. The van der Waals surface area contributed by atoms with Crippen molar-refractivity contribution in [1.29, 1.82) is 0 Å². The summed E-state index contributed by atoms with van der Waals surface area (Å²) >= 11 is 0. The molecule has 5 nitrogen and oxygen atoms in total. The number of nitro benzene ring substituents is 1. The van der Waals surface area contributed by atoms with Gasteiger partial charge in [-0.05, 0) is 12.0 Å². The van der Waals surface area contributed by atoms with Crippen LogP contribution in [0.1, 0.15) is 24.5 Å². The lowest BCUT2D eigenvalue weighted by Gasteiger charge is -2.07. The van der Waals surface area contributed by atoms with Crippen molar-refractivity contribution in [2.75, 3.05) is 7.05 Å². The van der Waals surface area contributed by atoms with Crippen LogP contribution in [0, 0.1) is 10.1 Å². The van der Waals surface area contributed by atoms with Crippen molar-refractivity contribution in [3.63, 3.8) is 0 Å². The maximum absolute atomic E-state index is 10.7. The average molecular weight is 221 g/mol. The molecule has 0 atom stereocenters. The molecule has 0 saturated heterocycles. The maximum Gasteiger partial charge on any atom is 0.270 e. The number of nitro groups is 1. The lowest BCUT2D eigenvalue weighted by molar-refractivity contribution is -0.384. The van der Waals surface area contributed by atoms with E-state index in [0.29, 0.717) is 11.4 Å². The van der Waals surface area contributed by atoms with Crippen LogP contribution in [0.15, 0.2) is 23.2 Å². The monoisotopic (exact) mass is 221 g/mol. The molecule has 0 aliphatic heterocycles. The summed E-state index contributed by atoms with van der Waals surface area (Å²) in [6.07, 6.45) is 1.80. The molecule has 1 rings (SSSR count). The van der Waals surface area contributed by atoms with Crippen LogP contribution >= 0.6 is 0 Å². The molecule has 0 aliphatic carbocycles. The van der Waals surface area contributed by atoms with Crippen LogP contribution in [0.25, 0.3) is 0 Å². The summed E-state index contributed by atoms with van der Waals surface area (Å²) in [5, 5.41) is 10.7. The fourth-order valence-corrected chi connectivity index (χ4v) is 1.52. The number of amidine groups is 1. The van der Waals surface area contributed by atoms with E-state index in [1.165, 1.54) is 12.1 Å². The number of aliphatic imine (C=N–C) groups is 1. The van der Waals surface area contributed by atoms with Gasteiger partial charge in [-0.25, -0.2) is 0 Å². The molecule has 2 N–H and O–H groups in total. The van der Waals surface area contributed by atoms with Gasteiger partial charge in [-0.15, -0.1) is 0 Å². The first kappa shape index (κ1) is 12.2. The van der Waals surface area contributed by atoms with Crippen LogP contribution in [-0.4, -0.2) is 17.8 Å². The van der Waals surface area contributed by atoms with E-state index in [1.807, 2.05) is 6.92 Å². The zero-order valence-corrected chi connectivity index (χ0v) is 9.43. The molecule has 0 aromatic heterocycles. The Bertz CT molecular complexity index is 427. The lowest BCUT2D eigenvalue weighted by atomic mass is 10.0. The molecular weight excluding hydrogens is 206 g/mol. The fraction of sp³-hybridized carbons (Fsp3) is 0.364. The first-order chi connectivity index (χ1) is 7.60. The predicted molar refractivity (Wildman–Crippen MR) is 63.7 cm³/mol. The fourth-order valence-electron chi connectivity index (χ4n) is 1.52. The van der Waals surface area contributed by atoms with E-state index >= 15 is 0 Å². The molecule has 16 heavy (non-hydrogen) atoms. The van der Waals surface area contributed by atoms with Gasteiger partial charge in [-0.3, -0.25) is 15.1 Å². The van der Waals surface area contributed by atoms with Gasteiger partial charge in [0, 0.05) is 24.7 Å². The van der Waals surface area contributed by atoms with Gasteiger partial charge in [0.2, 0.25) is 0 Å². The lowest BCUT2D eigenvalue weighted by Crippen LogP contribution is -2.15. The minimum absolute atomic E-state index is 0.0430. The molecule has 0 radical (unpaired) electrons. The van der Waals surface area contributed by atoms with E-state index in [0.717, 1.165) is 18.4 Å². The first-order valence-electron chi connectivity index (χ1n) is 5.10. The minimum Gasteiger partial charge on any atom is -0.384 e. The highest BCUT2D eigenvalue weighted by Gasteiger charge is 2.12. The second-order valence-electron chi connectivity index (χ2n) is 3.46. The van der Waals surface area contributed by atoms with E-state index in [4.69, 9.17) is 5.73 Å². The summed E-state index contributed by atoms with van der Waals surface area (Å²) in [6, 6.07) is 4.72. The van der Waals surface area contributed by atoms with Gasteiger partial charge in [0.25, 0.3) is 5.69 Å². The van der Waals surface area contributed by atoms with Gasteiger partial charge in [0.05, 0.1) is 4.92 Å². The van der Waals surface area contributed by atoms with Crippen LogP contribution in [0.4, 0.5) is 5.69 Å². The molecule has 0 saturated carbocycles. The first-order valence-corrected chi connectivity index (χ1v) is 5.10. The van der Waals surface area contributed by atoms with Gasteiger partial charge in [-0.1, -0.05) is 19.4 Å². The average Bonchev–Trinajstić information content (AvgIpc) is 2.28. The van der Waals surface area contributed by atoms with E-state index in [1.54, 1.807) is 13.1 Å². The van der Waals surface area contributed by atoms with Crippen molar-refractivity contribution < 1.29 is 4.92 Å². The van der Waals surface area contributed by atoms with Gasteiger partial charge < -0.3 is 5.73 Å². The zero-order valence-electron chi connectivity index (χ0n) is 9.43. The highest BCUT2D eigenvalue weighted by molar-refractivity contribution is 5.99. The summed E-state index contributed by atoms with van der Waals surface area (Å²) in [6.45, 7) is 2.05. The number of nitrogens with zero attached hydrogens (tertiary/aromatic N) is 2. The van der Waals surface area contributed by atoms with Crippen molar-refractivity contribution in [2.24, 2.45) is 10.7 Å². The Morgan fingerprint density at radius 2 is 2.25 bits per heavy atom. The predicted octanol–water partition coefficient (Wildman–Crippen LogP) is 1.88. The Kier molecular flexibility index (Phi) is 3.99. The highest BCUT2D eigenvalue weighted by atomic mass is 16.6. The molecule has 5 heteroatoms. The minimum atomic E-state index is -0.428. The van der Waals surface area contributed by atoms with Crippen molar-refractivity contribution in [3.05, 3.63) is 39.4 Å². The van der Waals surface area contributed by atoms with Crippen LogP contribution in [0.5, 0.6) is 0 Å². The molecule has 0 unspecified atom stereocenters. The van der Waals surface area contributed by atoms with Crippen LogP contribution < -0.4 is 5.73 Å². The standard InChI is InChI=1S/C11H15N3O2/c1-3-4-8-5-6-9(14(15)16)7-10(8)11(12)13-2/h5-7H,3-4H2,1-2H3,(H2,12,13). The summed E-state index contributed by atoms with van der Waals surface area (Å²) < 4.78 is 0. The van der Waals surface area contributed by atoms with E-state index in [2.05, 4.69) is 4.99 Å². The number of rotatable bonds is 4. The Balaban J connectivity index is 3.26. The number of hydrogen-bond donors (Lipinski definition) is 1. The summed E-state index contributed by atoms with van der Waals surface area (Å²) in [7, 11) is 1.57. The SMILES string of the molecule is CCCc1ccc([N+](=O)[O-])cc1C(N)=NC. The highest BCUT2D eigenvalue weighted by Crippen LogP contribution is 2.19. The Morgan fingerprint density at radius 3 is 2.75 bits per heavy atom. The van der Waals surface area contributed by atoms with Crippen molar-refractivity contribution >= 4 is 11.5 Å². The summed E-state index contributed by atoms with van der Waals surface area (Å²) in [4.78, 5) is 14.1. The van der Waals surface area contributed by atoms with Crippen LogP contribution in [0.3, 0.4) is 0 Å². The molecule has 0 fully saturated rings. The number of benzene rings is 1. The Hall–Kier alpha value is -1.91. The Morgan fingerprint density at radius 1 is 1.56 bits per heavy atom. The second kappa shape index (κ2) is 5.25. The third-order valence-electron chi connectivity index (χ3n) is 2.34. The molecule has 1 aromatic rings. The number of non-ortho nitro benzene ring substituents is 1. The number of aryl methyl sites for hydroxylation is 1. The van der Waals surface area contributed by atoms with E-state index in [-0.39, 0.29) is 5.69 Å². The maximum atomic E-state index is 10.7. The molecular formula is C11H15N3O2. The van der Waals surface area contributed by atoms with Crippen molar-refractivity contribution in [3.8, 4) is 0 Å². The third-order valence-corrected chi connectivity index (χ3v) is 2.34. The molecule has 86 valence electrons. The van der Waals surface area contributed by atoms with Gasteiger partial charge in [-0.2, -0.15) is 0 Å². The summed E-state index contributed by atoms with van der Waals surface area (Å²) in [5.74, 6) is 0.340. The van der Waals surface area contributed by atoms with E-state index in [9.17, 15) is 10.1 Å². The van der Waals surface area contributed by atoms with Crippen LogP contribution in [-0.2, 0) is 6.42 Å². The van der Waals surface area contributed by atoms with Crippen molar-refractivity contribution in [1.82, 2.24) is 0 Å². The van der Waals surface area contributed by atoms with Gasteiger partial charge >= 0.3 is 0 Å². The van der Waals surface area contributed by atoms with E-state index < -0.39 is 4.92 Å². The van der Waals surface area contributed by atoms with Crippen molar-refractivity contribution in [2.45, 2.75) is 19.8 Å². The van der Waals surface area contributed by atoms with Gasteiger partial charge in [0.15, 0.2) is 0 Å². The number of hydrogen-bond acceptors (Lipinski definition) is 3. The molecule has 0 aliphatic rings. The second-order valence-corrected chi connectivity index (χ2v) is 3.46. The zero-order chi connectivity index (χ0) is 12.1. The molecule has 1 aromatic carbocycles. The number of nitrogens with two attached hydrogens (primary N) is 1. The Labute approximate surface area is 94.1 Å². The topological polar surface area (TPSA) is 81.5 Å². The smallest absolute Gasteiger partial charge is 0.270 e. The van der Waals surface area contributed by atoms with Gasteiger partial charge in [0.1, 0.15) is 5.84 Å².